The van der Waals surface area contributed by atoms with Crippen molar-refractivity contribution in [2.75, 3.05) is 20.3 Å². The second-order valence-electron chi connectivity index (χ2n) is 3.86. The molecule has 1 aliphatic rings. The summed E-state index contributed by atoms with van der Waals surface area (Å²) in [6.45, 7) is 0.883. The van der Waals surface area contributed by atoms with Crippen molar-refractivity contribution in [2.45, 2.75) is 31.3 Å². The van der Waals surface area contributed by atoms with Gasteiger partial charge in [-0.3, -0.25) is 15.1 Å². The van der Waals surface area contributed by atoms with Crippen molar-refractivity contribution in [2.24, 2.45) is 5.84 Å². The molecule has 16 heavy (non-hydrogen) atoms. The summed E-state index contributed by atoms with van der Waals surface area (Å²) in [6.07, 6.45) is 2.56. The quantitative estimate of drug-likeness (QED) is 0.342. The zero-order valence-electron chi connectivity index (χ0n) is 9.48. The van der Waals surface area contributed by atoms with Gasteiger partial charge in [0, 0.05) is 26.1 Å². The largest absolute Gasteiger partial charge is 0.383 e. The minimum absolute atomic E-state index is 0.258. The molecule has 0 aromatic rings. The van der Waals surface area contributed by atoms with Crippen molar-refractivity contribution in [3.8, 4) is 6.07 Å². The minimum Gasteiger partial charge on any atom is -0.383 e. The highest BCUT2D eigenvalue weighted by Crippen LogP contribution is 2.28. The molecule has 0 heterocycles. The lowest BCUT2D eigenvalue weighted by atomic mass is 10.2. The van der Waals surface area contributed by atoms with Crippen LogP contribution in [0.5, 0.6) is 0 Å². The molecule has 0 aliphatic heterocycles. The van der Waals surface area contributed by atoms with Crippen LogP contribution in [0.2, 0.25) is 0 Å². The molecule has 6 nitrogen and oxygen atoms in total. The number of hydrogen-bond donors (Lipinski definition) is 2. The van der Waals surface area contributed by atoms with Crippen LogP contribution in [0.25, 0.3) is 0 Å². The zero-order chi connectivity index (χ0) is 12.0. The highest BCUT2D eigenvalue weighted by molar-refractivity contribution is 5.81. The van der Waals surface area contributed by atoms with E-state index in [1.54, 1.807) is 7.11 Å². The zero-order valence-corrected chi connectivity index (χ0v) is 9.48. The first-order valence-corrected chi connectivity index (χ1v) is 5.36. The number of hydrogen-bond acceptors (Lipinski definition) is 5. The van der Waals surface area contributed by atoms with Crippen LogP contribution in [0.4, 0.5) is 0 Å². The Morgan fingerprint density at radius 1 is 1.75 bits per heavy atom. The van der Waals surface area contributed by atoms with Crippen molar-refractivity contribution < 1.29 is 9.53 Å². The summed E-state index contributed by atoms with van der Waals surface area (Å²) < 4.78 is 5.02. The summed E-state index contributed by atoms with van der Waals surface area (Å²) in [5.74, 6) is 4.89. The Hall–Kier alpha value is -1.16. The van der Waals surface area contributed by atoms with Gasteiger partial charge in [0.2, 0.25) is 0 Å². The van der Waals surface area contributed by atoms with Gasteiger partial charge in [0.25, 0.3) is 5.91 Å². The Balaban J connectivity index is 2.62. The fourth-order valence-electron chi connectivity index (χ4n) is 1.75. The van der Waals surface area contributed by atoms with Crippen molar-refractivity contribution in [3.05, 3.63) is 0 Å². The smallest absolute Gasteiger partial charge is 0.253 e. The third-order valence-corrected chi connectivity index (χ3v) is 2.67. The standard InChI is InChI=1S/C10H18N4O2/c1-16-7-9(10(15)13-12)14(6-2-5-11)8-3-4-8/h8-9H,2-4,6-7,12H2,1H3,(H,13,15). The predicted molar refractivity (Wildman–Crippen MR) is 58.0 cm³/mol. The molecule has 1 aliphatic carbocycles. The van der Waals surface area contributed by atoms with Gasteiger partial charge in [-0.05, 0) is 12.8 Å². The number of hydrazine groups is 1. The second-order valence-corrected chi connectivity index (χ2v) is 3.86. The van der Waals surface area contributed by atoms with Gasteiger partial charge in [-0.25, -0.2) is 5.84 Å². The van der Waals surface area contributed by atoms with Gasteiger partial charge in [-0.1, -0.05) is 0 Å². The van der Waals surface area contributed by atoms with E-state index in [1.807, 2.05) is 4.90 Å². The van der Waals surface area contributed by atoms with E-state index in [9.17, 15) is 4.79 Å². The molecule has 3 N–H and O–H groups in total. The third-order valence-electron chi connectivity index (χ3n) is 2.67. The van der Waals surface area contributed by atoms with Gasteiger partial charge in [0.15, 0.2) is 0 Å². The van der Waals surface area contributed by atoms with Crippen LogP contribution in [0, 0.1) is 11.3 Å². The van der Waals surface area contributed by atoms with Crippen LogP contribution in [0.1, 0.15) is 19.3 Å². The van der Waals surface area contributed by atoms with E-state index < -0.39 is 6.04 Å². The van der Waals surface area contributed by atoms with Crippen molar-refractivity contribution >= 4 is 5.91 Å². The number of carbonyl (C=O) groups is 1. The molecule has 90 valence electrons. The molecule has 1 amide bonds. The van der Waals surface area contributed by atoms with E-state index in [-0.39, 0.29) is 5.91 Å². The first-order valence-electron chi connectivity index (χ1n) is 5.36. The minimum atomic E-state index is -0.393. The highest BCUT2D eigenvalue weighted by atomic mass is 16.5. The maximum absolute atomic E-state index is 11.6. The van der Waals surface area contributed by atoms with Crippen LogP contribution >= 0.6 is 0 Å². The number of nitriles is 1. The first-order chi connectivity index (χ1) is 7.74. The molecular formula is C10H18N4O2. The number of nitrogens with two attached hydrogens (primary N) is 1. The van der Waals surface area contributed by atoms with E-state index in [1.165, 1.54) is 0 Å². The molecule has 1 unspecified atom stereocenters. The fourth-order valence-corrected chi connectivity index (χ4v) is 1.75. The Morgan fingerprint density at radius 3 is 2.88 bits per heavy atom. The van der Waals surface area contributed by atoms with Gasteiger partial charge in [-0.2, -0.15) is 5.26 Å². The van der Waals surface area contributed by atoms with Crippen molar-refractivity contribution in [1.29, 1.82) is 5.26 Å². The molecule has 0 spiro atoms. The van der Waals surface area contributed by atoms with E-state index in [0.29, 0.717) is 25.6 Å². The number of ether oxygens (including phenoxy) is 1. The number of methoxy groups -OCH3 is 1. The summed E-state index contributed by atoms with van der Waals surface area (Å²) in [6, 6.07) is 2.09. The molecule has 1 rings (SSSR count). The normalized spacial score (nSPS) is 16.9. The van der Waals surface area contributed by atoms with Crippen molar-refractivity contribution in [1.82, 2.24) is 10.3 Å². The van der Waals surface area contributed by atoms with Crippen LogP contribution in [-0.2, 0) is 9.53 Å². The topological polar surface area (TPSA) is 91.4 Å². The number of rotatable bonds is 7. The van der Waals surface area contributed by atoms with Crippen LogP contribution in [-0.4, -0.2) is 43.2 Å². The monoisotopic (exact) mass is 226 g/mol. The van der Waals surface area contributed by atoms with E-state index in [2.05, 4.69) is 11.5 Å². The molecule has 0 saturated heterocycles. The average Bonchev–Trinajstić information content (AvgIpc) is 3.11. The summed E-state index contributed by atoms with van der Waals surface area (Å²) in [5, 5.41) is 8.59. The molecule has 6 heteroatoms. The van der Waals surface area contributed by atoms with E-state index in [4.69, 9.17) is 15.8 Å². The molecule has 1 fully saturated rings. The van der Waals surface area contributed by atoms with Gasteiger partial charge >= 0.3 is 0 Å². The first kappa shape index (κ1) is 12.9. The fraction of sp³-hybridized carbons (Fsp3) is 0.800. The number of amides is 1. The molecule has 0 radical (unpaired) electrons. The number of carbonyl (C=O) groups excluding carboxylic acids is 1. The van der Waals surface area contributed by atoms with E-state index >= 15 is 0 Å². The molecule has 0 aromatic heterocycles. The van der Waals surface area contributed by atoms with E-state index in [0.717, 1.165) is 12.8 Å². The molecule has 0 bridgehead atoms. The van der Waals surface area contributed by atoms with Gasteiger partial charge in [0.1, 0.15) is 6.04 Å². The lowest BCUT2D eigenvalue weighted by molar-refractivity contribution is -0.128. The third kappa shape index (κ3) is 3.45. The van der Waals surface area contributed by atoms with Crippen LogP contribution in [0.15, 0.2) is 0 Å². The van der Waals surface area contributed by atoms with Crippen molar-refractivity contribution in [3.63, 3.8) is 0 Å². The van der Waals surface area contributed by atoms with Gasteiger partial charge < -0.3 is 4.74 Å². The lowest BCUT2D eigenvalue weighted by Crippen LogP contribution is -2.52. The summed E-state index contributed by atoms with van der Waals surface area (Å²) >= 11 is 0. The van der Waals surface area contributed by atoms with Crippen LogP contribution in [0.3, 0.4) is 0 Å². The predicted octanol–water partition coefficient (Wildman–Crippen LogP) is -0.631. The van der Waals surface area contributed by atoms with Gasteiger partial charge in [0.05, 0.1) is 12.7 Å². The number of nitrogens with zero attached hydrogens (tertiary/aromatic N) is 2. The molecular weight excluding hydrogens is 208 g/mol. The lowest BCUT2D eigenvalue weighted by Gasteiger charge is -2.29. The summed E-state index contributed by atoms with van der Waals surface area (Å²) in [7, 11) is 1.55. The SMILES string of the molecule is COCC(C(=O)NN)N(CCC#N)C1CC1. The molecule has 1 atom stereocenters. The highest BCUT2D eigenvalue weighted by Gasteiger charge is 2.36. The Labute approximate surface area is 95.3 Å². The molecule has 1 saturated carbocycles. The summed E-state index contributed by atoms with van der Waals surface area (Å²) in [5.41, 5.74) is 2.15. The Bertz CT molecular complexity index is 272. The Kier molecular flexibility index (Phi) is 5.19. The number of nitrogens with one attached hydrogen (secondary N) is 1. The maximum Gasteiger partial charge on any atom is 0.253 e. The average molecular weight is 226 g/mol. The molecule has 0 aromatic carbocycles. The van der Waals surface area contributed by atoms with Gasteiger partial charge in [-0.15, -0.1) is 0 Å². The maximum atomic E-state index is 11.6. The van der Waals surface area contributed by atoms with Crippen LogP contribution < -0.4 is 11.3 Å². The Morgan fingerprint density at radius 2 is 2.44 bits per heavy atom. The second kappa shape index (κ2) is 6.43. The summed E-state index contributed by atoms with van der Waals surface area (Å²) in [4.78, 5) is 13.6.